The molecular weight excluding hydrogens is 198 g/mol. The molecule has 0 aromatic carbocycles. The fourth-order valence-corrected chi connectivity index (χ4v) is 1.81. The lowest BCUT2D eigenvalue weighted by Gasteiger charge is -2.20. The van der Waals surface area contributed by atoms with Gasteiger partial charge in [-0.1, -0.05) is 0 Å². The average Bonchev–Trinajstić information content (AvgIpc) is 2.68. The summed E-state index contributed by atoms with van der Waals surface area (Å²) in [6.45, 7) is 0. The Kier molecular flexibility index (Phi) is 2.49. The highest BCUT2D eigenvalue weighted by molar-refractivity contribution is 5.79. The second kappa shape index (κ2) is 3.80. The van der Waals surface area contributed by atoms with Crippen LogP contribution in [0.5, 0.6) is 0 Å². The molecule has 1 aliphatic carbocycles. The van der Waals surface area contributed by atoms with E-state index in [1.165, 1.54) is 12.4 Å². The number of hydrogen-bond donors (Lipinski definition) is 0. The molecule has 1 saturated carbocycles. The van der Waals surface area contributed by atoms with Crippen LogP contribution in [0.2, 0.25) is 0 Å². The van der Waals surface area contributed by atoms with Crippen molar-refractivity contribution in [2.45, 2.75) is 31.7 Å². The van der Waals surface area contributed by atoms with Gasteiger partial charge >= 0.3 is 5.69 Å². The predicted octanol–water partition coefficient (Wildman–Crippen LogP) is 1.48. The molecule has 1 aromatic heterocycles. The van der Waals surface area contributed by atoms with Crippen molar-refractivity contribution >= 4 is 11.5 Å². The maximum absolute atomic E-state index is 11.0. The van der Waals surface area contributed by atoms with Crippen LogP contribution in [0.4, 0.5) is 5.69 Å². The Balaban J connectivity index is 2.09. The lowest BCUT2D eigenvalue weighted by Crippen LogP contribution is -2.18. The fourth-order valence-electron chi connectivity index (χ4n) is 1.81. The van der Waals surface area contributed by atoms with Crippen molar-refractivity contribution in [3.05, 3.63) is 22.5 Å². The van der Waals surface area contributed by atoms with Gasteiger partial charge in [-0.2, -0.15) is 5.10 Å². The smallest absolute Gasteiger partial charge is 0.300 e. The van der Waals surface area contributed by atoms with E-state index in [4.69, 9.17) is 0 Å². The maximum atomic E-state index is 11.0. The number of carbonyl (C=O) groups excluding carboxylic acids is 1. The normalized spacial score (nSPS) is 18.0. The van der Waals surface area contributed by atoms with Gasteiger partial charge in [-0.3, -0.25) is 19.6 Å². The summed E-state index contributed by atoms with van der Waals surface area (Å²) in [6, 6.07) is 0.136. The summed E-state index contributed by atoms with van der Waals surface area (Å²) in [5, 5.41) is 14.4. The molecule has 6 heteroatoms. The van der Waals surface area contributed by atoms with Gasteiger partial charge in [0.25, 0.3) is 0 Å². The molecule has 1 aromatic rings. The van der Waals surface area contributed by atoms with Gasteiger partial charge in [-0.05, 0) is 12.8 Å². The van der Waals surface area contributed by atoms with E-state index in [0.717, 1.165) is 12.8 Å². The molecular formula is C9H11N3O3. The quantitative estimate of drug-likeness (QED) is 0.545. The molecule has 1 fully saturated rings. The number of Topliss-reactive ketones (excluding diaryl/α,β-unsaturated/α-hetero) is 1. The molecule has 0 saturated heterocycles. The molecule has 2 rings (SSSR count). The van der Waals surface area contributed by atoms with Crippen molar-refractivity contribution in [2.75, 3.05) is 0 Å². The minimum atomic E-state index is -0.461. The monoisotopic (exact) mass is 209 g/mol. The minimum absolute atomic E-state index is 0.00639. The second-order valence-corrected chi connectivity index (χ2v) is 3.71. The number of rotatable bonds is 2. The Morgan fingerprint density at radius 3 is 2.67 bits per heavy atom. The van der Waals surface area contributed by atoms with E-state index in [1.807, 2.05) is 0 Å². The van der Waals surface area contributed by atoms with Crippen LogP contribution in [-0.4, -0.2) is 20.5 Å². The average molecular weight is 209 g/mol. The summed E-state index contributed by atoms with van der Waals surface area (Å²) in [6.07, 6.45) is 5.25. The zero-order valence-corrected chi connectivity index (χ0v) is 8.13. The molecule has 0 unspecified atom stereocenters. The fraction of sp³-hybridized carbons (Fsp3) is 0.556. The summed E-state index contributed by atoms with van der Waals surface area (Å²) >= 11 is 0. The largest absolute Gasteiger partial charge is 0.307 e. The summed E-state index contributed by atoms with van der Waals surface area (Å²) in [5.41, 5.74) is 0.00639. The van der Waals surface area contributed by atoms with E-state index in [1.54, 1.807) is 4.68 Å². The third kappa shape index (κ3) is 2.03. The second-order valence-electron chi connectivity index (χ2n) is 3.71. The summed E-state index contributed by atoms with van der Waals surface area (Å²) in [7, 11) is 0. The van der Waals surface area contributed by atoms with Crippen molar-refractivity contribution in [3.8, 4) is 0 Å². The van der Waals surface area contributed by atoms with E-state index in [-0.39, 0.29) is 17.5 Å². The lowest BCUT2D eigenvalue weighted by atomic mass is 9.95. The SMILES string of the molecule is O=C1CCC(n2cc([N+](=O)[O-])cn2)CC1. The summed E-state index contributed by atoms with van der Waals surface area (Å²) in [5.74, 6) is 0.271. The van der Waals surface area contributed by atoms with Gasteiger partial charge in [-0.25, -0.2) is 0 Å². The van der Waals surface area contributed by atoms with Gasteiger partial charge in [0.1, 0.15) is 18.2 Å². The first-order chi connectivity index (χ1) is 7.16. The highest BCUT2D eigenvalue weighted by Gasteiger charge is 2.22. The molecule has 15 heavy (non-hydrogen) atoms. The van der Waals surface area contributed by atoms with Gasteiger partial charge < -0.3 is 0 Å². The van der Waals surface area contributed by atoms with Crippen LogP contribution < -0.4 is 0 Å². The maximum Gasteiger partial charge on any atom is 0.307 e. The van der Waals surface area contributed by atoms with Crippen LogP contribution in [0.3, 0.4) is 0 Å². The van der Waals surface area contributed by atoms with Crippen molar-refractivity contribution in [2.24, 2.45) is 0 Å². The van der Waals surface area contributed by atoms with Gasteiger partial charge in [0.2, 0.25) is 0 Å². The molecule has 0 atom stereocenters. The highest BCUT2D eigenvalue weighted by atomic mass is 16.6. The number of ketones is 1. The molecule has 0 amide bonds. The van der Waals surface area contributed by atoms with Crippen molar-refractivity contribution in [3.63, 3.8) is 0 Å². The number of carbonyl (C=O) groups is 1. The minimum Gasteiger partial charge on any atom is -0.300 e. The van der Waals surface area contributed by atoms with E-state index in [2.05, 4.69) is 5.10 Å². The molecule has 0 radical (unpaired) electrons. The molecule has 80 valence electrons. The molecule has 1 aliphatic rings. The molecule has 1 heterocycles. The first-order valence-electron chi connectivity index (χ1n) is 4.87. The van der Waals surface area contributed by atoms with Crippen molar-refractivity contribution in [1.29, 1.82) is 0 Å². The van der Waals surface area contributed by atoms with Gasteiger partial charge in [0.05, 0.1) is 11.0 Å². The van der Waals surface area contributed by atoms with Crippen LogP contribution in [0.15, 0.2) is 12.4 Å². The Hall–Kier alpha value is -1.72. The predicted molar refractivity (Wildman–Crippen MR) is 51.4 cm³/mol. The van der Waals surface area contributed by atoms with Gasteiger partial charge in [-0.15, -0.1) is 0 Å². The van der Waals surface area contributed by atoms with Crippen LogP contribution in [0.1, 0.15) is 31.7 Å². The van der Waals surface area contributed by atoms with E-state index < -0.39 is 4.92 Å². The summed E-state index contributed by atoms with van der Waals surface area (Å²) < 4.78 is 1.60. The van der Waals surface area contributed by atoms with Gasteiger partial charge in [0, 0.05) is 12.8 Å². The van der Waals surface area contributed by atoms with E-state index >= 15 is 0 Å². The van der Waals surface area contributed by atoms with Gasteiger partial charge in [0.15, 0.2) is 0 Å². The Bertz CT molecular complexity index is 389. The molecule has 6 nitrogen and oxygen atoms in total. The number of nitro groups is 1. The standard InChI is InChI=1S/C9H11N3O3/c13-9-3-1-7(2-4-9)11-6-8(5-10-11)12(14)15/h5-7H,1-4H2. The van der Waals surface area contributed by atoms with Crippen LogP contribution >= 0.6 is 0 Å². The zero-order chi connectivity index (χ0) is 10.8. The Morgan fingerprint density at radius 1 is 1.47 bits per heavy atom. The molecule has 0 bridgehead atoms. The first kappa shape index (κ1) is 9.82. The van der Waals surface area contributed by atoms with E-state index in [0.29, 0.717) is 12.8 Å². The highest BCUT2D eigenvalue weighted by Crippen LogP contribution is 2.26. The zero-order valence-electron chi connectivity index (χ0n) is 8.13. The van der Waals surface area contributed by atoms with Crippen LogP contribution in [-0.2, 0) is 4.79 Å². The number of aromatic nitrogens is 2. The van der Waals surface area contributed by atoms with Crippen LogP contribution in [0.25, 0.3) is 0 Å². The van der Waals surface area contributed by atoms with E-state index in [9.17, 15) is 14.9 Å². The summed E-state index contributed by atoms with van der Waals surface area (Å²) in [4.78, 5) is 21.0. The molecule has 0 spiro atoms. The van der Waals surface area contributed by atoms with Crippen molar-refractivity contribution < 1.29 is 9.72 Å². The third-order valence-electron chi connectivity index (χ3n) is 2.69. The Morgan fingerprint density at radius 2 is 2.13 bits per heavy atom. The first-order valence-corrected chi connectivity index (χ1v) is 4.87. The third-order valence-corrected chi connectivity index (χ3v) is 2.69. The van der Waals surface area contributed by atoms with Crippen molar-refractivity contribution in [1.82, 2.24) is 9.78 Å². The lowest BCUT2D eigenvalue weighted by molar-refractivity contribution is -0.385. The number of hydrogen-bond acceptors (Lipinski definition) is 4. The van der Waals surface area contributed by atoms with Crippen LogP contribution in [0, 0.1) is 10.1 Å². The molecule has 0 aliphatic heterocycles. The number of nitrogens with zero attached hydrogens (tertiary/aromatic N) is 3. The topological polar surface area (TPSA) is 78.0 Å². The Labute approximate surface area is 86.0 Å². The molecule has 0 N–H and O–H groups in total.